The second-order valence-corrected chi connectivity index (χ2v) is 6.96. The molecule has 0 aliphatic carbocycles. The van der Waals surface area contributed by atoms with Crippen LogP contribution in [0, 0.1) is 5.92 Å². The van der Waals surface area contributed by atoms with Crippen molar-refractivity contribution < 1.29 is 14.3 Å². The number of aromatic nitrogens is 2. The summed E-state index contributed by atoms with van der Waals surface area (Å²) in [6, 6.07) is 0. The van der Waals surface area contributed by atoms with Gasteiger partial charge in [0.15, 0.2) is 0 Å². The van der Waals surface area contributed by atoms with E-state index >= 15 is 0 Å². The van der Waals surface area contributed by atoms with Crippen molar-refractivity contribution in [3.05, 3.63) is 23.3 Å². The number of ether oxygens (including phenoxy) is 2. The molecule has 4 rings (SSSR count). The molecule has 24 heavy (non-hydrogen) atoms. The Balaban J connectivity index is 1.49. The third-order valence-corrected chi connectivity index (χ3v) is 5.52. The van der Waals surface area contributed by atoms with Gasteiger partial charge in [-0.15, -0.1) is 0 Å². The minimum absolute atomic E-state index is 0.133. The topological polar surface area (TPSA) is 64.5 Å². The second kappa shape index (κ2) is 7.15. The van der Waals surface area contributed by atoms with Crippen LogP contribution in [0.4, 0.5) is 0 Å². The van der Waals surface area contributed by atoms with Crippen molar-refractivity contribution in [1.29, 1.82) is 0 Å². The monoisotopic (exact) mass is 331 g/mol. The van der Waals surface area contributed by atoms with Crippen LogP contribution < -0.4 is 0 Å². The highest BCUT2D eigenvalue weighted by molar-refractivity contribution is 5.79. The molecule has 0 bridgehead atoms. The molecule has 0 saturated carbocycles. The molecule has 3 aliphatic heterocycles. The van der Waals surface area contributed by atoms with Crippen LogP contribution in [0.5, 0.6) is 0 Å². The average molecular weight is 331 g/mol. The fourth-order valence-electron chi connectivity index (χ4n) is 4.08. The normalized spacial score (nSPS) is 25.3. The van der Waals surface area contributed by atoms with E-state index in [1.54, 1.807) is 6.33 Å². The first-order valence-electron chi connectivity index (χ1n) is 9.10. The smallest absolute Gasteiger partial charge is 0.225 e. The van der Waals surface area contributed by atoms with Crippen molar-refractivity contribution in [1.82, 2.24) is 14.9 Å². The first-order valence-corrected chi connectivity index (χ1v) is 9.10. The number of nitrogens with zero attached hydrogens (tertiary/aromatic N) is 3. The van der Waals surface area contributed by atoms with Crippen LogP contribution in [0.15, 0.2) is 6.33 Å². The van der Waals surface area contributed by atoms with Gasteiger partial charge >= 0.3 is 0 Å². The number of rotatable bonds is 2. The Labute approximate surface area is 142 Å². The van der Waals surface area contributed by atoms with Gasteiger partial charge in [0.05, 0.1) is 12.3 Å². The molecule has 6 heteroatoms. The van der Waals surface area contributed by atoms with Gasteiger partial charge in [-0.3, -0.25) is 4.79 Å². The highest BCUT2D eigenvalue weighted by Crippen LogP contribution is 2.29. The third kappa shape index (κ3) is 3.17. The Bertz CT molecular complexity index is 595. The van der Waals surface area contributed by atoms with Crippen molar-refractivity contribution >= 4 is 5.91 Å². The van der Waals surface area contributed by atoms with E-state index in [1.165, 1.54) is 5.56 Å². The van der Waals surface area contributed by atoms with Crippen molar-refractivity contribution in [2.75, 3.05) is 39.5 Å². The van der Waals surface area contributed by atoms with E-state index in [4.69, 9.17) is 9.47 Å². The molecule has 0 spiro atoms. The molecule has 0 radical (unpaired) electrons. The van der Waals surface area contributed by atoms with Gasteiger partial charge < -0.3 is 14.4 Å². The fraction of sp³-hybridized carbons (Fsp3) is 0.722. The summed E-state index contributed by atoms with van der Waals surface area (Å²) in [5, 5.41) is 0. The SMILES string of the molecule is O=C(C1CCOCC1)N1CCc2ncnc([C@@H]3CCOC3)c2CC1. The van der Waals surface area contributed by atoms with Gasteiger partial charge in [0.1, 0.15) is 6.33 Å². The molecule has 2 fully saturated rings. The summed E-state index contributed by atoms with van der Waals surface area (Å²) in [6.07, 6.45) is 6.11. The Morgan fingerprint density at radius 2 is 1.83 bits per heavy atom. The fourth-order valence-corrected chi connectivity index (χ4v) is 4.08. The van der Waals surface area contributed by atoms with E-state index in [1.807, 2.05) is 4.90 Å². The molecule has 2 saturated heterocycles. The van der Waals surface area contributed by atoms with Gasteiger partial charge in [0.25, 0.3) is 0 Å². The highest BCUT2D eigenvalue weighted by Gasteiger charge is 2.30. The van der Waals surface area contributed by atoms with Crippen LogP contribution in [0.25, 0.3) is 0 Å². The zero-order valence-corrected chi connectivity index (χ0v) is 14.1. The van der Waals surface area contributed by atoms with Gasteiger partial charge in [-0.05, 0) is 31.2 Å². The van der Waals surface area contributed by atoms with Crippen LogP contribution in [-0.4, -0.2) is 60.3 Å². The zero-order chi connectivity index (χ0) is 16.4. The van der Waals surface area contributed by atoms with Crippen molar-refractivity contribution in [3.8, 4) is 0 Å². The molecule has 6 nitrogen and oxygen atoms in total. The van der Waals surface area contributed by atoms with E-state index in [-0.39, 0.29) is 5.92 Å². The van der Waals surface area contributed by atoms with Gasteiger partial charge in [0.2, 0.25) is 5.91 Å². The number of carbonyl (C=O) groups excluding carboxylic acids is 1. The number of hydrogen-bond acceptors (Lipinski definition) is 5. The van der Waals surface area contributed by atoms with Crippen LogP contribution in [0.3, 0.4) is 0 Å². The summed E-state index contributed by atoms with van der Waals surface area (Å²) in [5.41, 5.74) is 3.53. The zero-order valence-electron chi connectivity index (χ0n) is 14.1. The van der Waals surface area contributed by atoms with Gasteiger partial charge in [-0.2, -0.15) is 0 Å². The Hall–Kier alpha value is -1.53. The Morgan fingerprint density at radius 3 is 2.62 bits per heavy atom. The maximum Gasteiger partial charge on any atom is 0.225 e. The summed E-state index contributed by atoms with van der Waals surface area (Å²) >= 11 is 0. The first kappa shape index (κ1) is 16.0. The molecule has 0 N–H and O–H groups in total. The predicted molar refractivity (Wildman–Crippen MR) is 87.7 cm³/mol. The van der Waals surface area contributed by atoms with Crippen molar-refractivity contribution in [2.24, 2.45) is 5.92 Å². The van der Waals surface area contributed by atoms with Gasteiger partial charge in [0, 0.05) is 56.9 Å². The molecule has 4 heterocycles. The standard InChI is InChI=1S/C18H25N3O3/c22-18(13-3-8-23-9-4-13)21-6-1-15-16(2-7-21)19-12-20-17(15)14-5-10-24-11-14/h12-14H,1-11H2/t14-/m1/s1. The largest absolute Gasteiger partial charge is 0.381 e. The van der Waals surface area contributed by atoms with E-state index in [9.17, 15) is 4.79 Å². The highest BCUT2D eigenvalue weighted by atomic mass is 16.5. The van der Waals surface area contributed by atoms with Gasteiger partial charge in [-0.25, -0.2) is 9.97 Å². The number of amides is 1. The summed E-state index contributed by atoms with van der Waals surface area (Å²) in [6.45, 7) is 4.54. The van der Waals surface area contributed by atoms with E-state index in [0.29, 0.717) is 25.0 Å². The molecule has 0 unspecified atom stereocenters. The van der Waals surface area contributed by atoms with Crippen LogP contribution >= 0.6 is 0 Å². The lowest BCUT2D eigenvalue weighted by Gasteiger charge is -2.28. The Kier molecular flexibility index (Phi) is 4.76. The summed E-state index contributed by atoms with van der Waals surface area (Å²) < 4.78 is 10.9. The molecule has 1 atom stereocenters. The molecule has 1 aromatic heterocycles. The molecule has 0 aromatic carbocycles. The second-order valence-electron chi connectivity index (χ2n) is 6.96. The van der Waals surface area contributed by atoms with Crippen LogP contribution in [0.2, 0.25) is 0 Å². The first-order chi connectivity index (χ1) is 11.8. The lowest BCUT2D eigenvalue weighted by molar-refractivity contribution is -0.138. The quantitative estimate of drug-likeness (QED) is 0.818. The lowest BCUT2D eigenvalue weighted by atomic mass is 9.96. The number of fused-ring (bicyclic) bond motifs is 1. The molecule has 1 amide bonds. The van der Waals surface area contributed by atoms with Crippen molar-refractivity contribution in [3.63, 3.8) is 0 Å². The summed E-state index contributed by atoms with van der Waals surface area (Å²) in [5.74, 6) is 0.818. The molecular weight excluding hydrogens is 306 g/mol. The summed E-state index contributed by atoms with van der Waals surface area (Å²) in [4.78, 5) is 23.9. The van der Waals surface area contributed by atoms with E-state index in [2.05, 4.69) is 9.97 Å². The predicted octanol–water partition coefficient (Wildman–Crippen LogP) is 1.33. The van der Waals surface area contributed by atoms with Crippen LogP contribution in [0.1, 0.15) is 42.1 Å². The van der Waals surface area contributed by atoms with Crippen LogP contribution in [-0.2, 0) is 27.1 Å². The van der Waals surface area contributed by atoms with Gasteiger partial charge in [-0.1, -0.05) is 0 Å². The summed E-state index contributed by atoms with van der Waals surface area (Å²) in [7, 11) is 0. The molecule has 130 valence electrons. The van der Waals surface area contributed by atoms with Crippen molar-refractivity contribution in [2.45, 2.75) is 38.0 Å². The molecule has 1 aromatic rings. The third-order valence-electron chi connectivity index (χ3n) is 5.52. The number of hydrogen-bond donors (Lipinski definition) is 0. The molecule has 3 aliphatic rings. The van der Waals surface area contributed by atoms with E-state index < -0.39 is 0 Å². The maximum atomic E-state index is 12.8. The Morgan fingerprint density at radius 1 is 1.04 bits per heavy atom. The minimum Gasteiger partial charge on any atom is -0.381 e. The molecular formula is C18H25N3O3. The average Bonchev–Trinajstić information content (AvgIpc) is 3.08. The maximum absolute atomic E-state index is 12.8. The number of carbonyl (C=O) groups is 1. The minimum atomic E-state index is 0.133. The lowest BCUT2D eigenvalue weighted by Crippen LogP contribution is -2.40. The van der Waals surface area contributed by atoms with E-state index in [0.717, 1.165) is 69.8 Å².